The van der Waals surface area contributed by atoms with Gasteiger partial charge < -0.3 is 24.8 Å². The summed E-state index contributed by atoms with van der Waals surface area (Å²) in [7, 11) is 0. The minimum absolute atomic E-state index is 0.0580. The van der Waals surface area contributed by atoms with E-state index in [4.69, 9.17) is 9.47 Å². The Labute approximate surface area is 248 Å². The van der Waals surface area contributed by atoms with Crippen molar-refractivity contribution in [2.24, 2.45) is 0 Å². The zero-order valence-corrected chi connectivity index (χ0v) is 24.1. The maximum absolute atomic E-state index is 13.1. The van der Waals surface area contributed by atoms with Gasteiger partial charge in [-0.1, -0.05) is 36.4 Å². The first kappa shape index (κ1) is 32.8. The van der Waals surface area contributed by atoms with E-state index in [9.17, 15) is 27.9 Å². The van der Waals surface area contributed by atoms with E-state index in [0.29, 0.717) is 25.3 Å². The topological polar surface area (TPSA) is 88.1 Å². The van der Waals surface area contributed by atoms with Gasteiger partial charge in [0.15, 0.2) is 6.10 Å². The predicted octanol–water partition coefficient (Wildman–Crippen LogP) is 7.22. The van der Waals surface area contributed by atoms with Crippen LogP contribution in [0.3, 0.4) is 0 Å². The summed E-state index contributed by atoms with van der Waals surface area (Å²) in [4.78, 5) is 27.1. The van der Waals surface area contributed by atoms with Crippen molar-refractivity contribution in [3.05, 3.63) is 90.0 Å². The van der Waals surface area contributed by atoms with Crippen LogP contribution in [0, 0.1) is 0 Å². The number of ether oxygens (including phenoxy) is 2. The quantitative estimate of drug-likeness (QED) is 0.133. The molecule has 11 heteroatoms. The minimum Gasteiger partial charge on any atom is -0.492 e. The molecule has 0 saturated heterocycles. The molecular weight excluding hydrogens is 569 g/mol. The molecule has 3 aromatic carbocycles. The fourth-order valence-corrected chi connectivity index (χ4v) is 4.96. The molecule has 0 aliphatic carbocycles. The number of urea groups is 1. The number of hydrogen-bond donors (Lipinski definition) is 2. The summed E-state index contributed by atoms with van der Waals surface area (Å²) in [5.41, 5.74) is -0.00570. The van der Waals surface area contributed by atoms with E-state index >= 15 is 0 Å². The highest BCUT2D eigenvalue weighted by molar-refractivity contribution is 7.99. The van der Waals surface area contributed by atoms with E-state index < -0.39 is 29.8 Å². The number of halogens is 3. The van der Waals surface area contributed by atoms with Crippen molar-refractivity contribution in [1.29, 1.82) is 0 Å². The van der Waals surface area contributed by atoms with Gasteiger partial charge in [-0.25, -0.2) is 9.59 Å². The van der Waals surface area contributed by atoms with Crippen molar-refractivity contribution >= 4 is 29.4 Å². The van der Waals surface area contributed by atoms with Crippen LogP contribution in [0.5, 0.6) is 5.75 Å². The number of carboxylic acid groups (broad SMARTS) is 1. The lowest BCUT2D eigenvalue weighted by molar-refractivity contribution is -0.150. The SMILES string of the molecule is CCOC(Cc1ccc(OCCN(CCCCSc2ccccc2)C(=O)Nc2cccc(C(F)(F)F)c2)cc1)C(=O)O. The third-order valence-electron chi connectivity index (χ3n) is 6.18. The number of nitrogens with zero attached hydrogens (tertiary/aromatic N) is 1. The number of carbonyl (C=O) groups excluding carboxylic acids is 1. The largest absolute Gasteiger partial charge is 0.492 e. The lowest BCUT2D eigenvalue weighted by Gasteiger charge is -2.23. The first-order valence-corrected chi connectivity index (χ1v) is 14.6. The van der Waals surface area contributed by atoms with Gasteiger partial charge >= 0.3 is 18.2 Å². The van der Waals surface area contributed by atoms with Gasteiger partial charge in [0.1, 0.15) is 12.4 Å². The van der Waals surface area contributed by atoms with Crippen molar-refractivity contribution < 1.29 is 37.3 Å². The number of benzene rings is 3. The molecule has 0 aromatic heterocycles. The van der Waals surface area contributed by atoms with Gasteiger partial charge in [-0.3, -0.25) is 0 Å². The number of thioether (sulfide) groups is 1. The molecule has 226 valence electrons. The number of anilines is 1. The fourth-order valence-electron chi connectivity index (χ4n) is 4.03. The van der Waals surface area contributed by atoms with Crippen LogP contribution in [0.15, 0.2) is 83.8 Å². The van der Waals surface area contributed by atoms with Gasteiger partial charge in [0.2, 0.25) is 0 Å². The van der Waals surface area contributed by atoms with Gasteiger partial charge in [0.05, 0.1) is 12.1 Å². The molecule has 0 heterocycles. The van der Waals surface area contributed by atoms with Gasteiger partial charge in [0, 0.05) is 30.2 Å². The van der Waals surface area contributed by atoms with E-state index in [1.807, 2.05) is 30.3 Å². The Morgan fingerprint density at radius 3 is 2.38 bits per heavy atom. The Kier molecular flexibility index (Phi) is 13.0. The minimum atomic E-state index is -4.52. The standard InChI is InChI=1S/C31H35F3N2O5S/c1-2-40-28(29(37)38)21-23-13-15-26(16-14-23)41-19-18-36(17-6-7-20-42-27-11-4-3-5-12-27)30(39)35-25-10-8-9-24(22-25)31(32,33)34/h3-5,8-16,22,28H,2,6-7,17-21H2,1H3,(H,35,39)(H,37,38). The van der Waals surface area contributed by atoms with Crippen LogP contribution in [0.1, 0.15) is 30.9 Å². The van der Waals surface area contributed by atoms with E-state index in [1.54, 1.807) is 43.0 Å². The molecule has 0 radical (unpaired) electrons. The number of carboxylic acids is 1. The number of unbranched alkanes of at least 4 members (excludes halogenated alkanes) is 1. The van der Waals surface area contributed by atoms with E-state index in [0.717, 1.165) is 34.8 Å². The molecule has 0 aliphatic heterocycles. The van der Waals surface area contributed by atoms with Crippen molar-refractivity contribution in [2.75, 3.05) is 37.4 Å². The zero-order chi connectivity index (χ0) is 30.4. The third-order valence-corrected chi connectivity index (χ3v) is 7.28. The molecule has 2 N–H and O–H groups in total. The summed E-state index contributed by atoms with van der Waals surface area (Å²) in [6.45, 7) is 2.80. The molecule has 1 unspecified atom stereocenters. The highest BCUT2D eigenvalue weighted by Crippen LogP contribution is 2.30. The first-order chi connectivity index (χ1) is 20.2. The van der Waals surface area contributed by atoms with E-state index in [-0.39, 0.29) is 25.3 Å². The van der Waals surface area contributed by atoms with Crippen molar-refractivity contribution in [2.45, 2.75) is 43.4 Å². The maximum atomic E-state index is 13.1. The summed E-state index contributed by atoms with van der Waals surface area (Å²) >= 11 is 1.72. The molecule has 2 amide bonds. The first-order valence-electron chi connectivity index (χ1n) is 13.6. The zero-order valence-electron chi connectivity index (χ0n) is 23.3. The number of amides is 2. The normalized spacial score (nSPS) is 12.0. The fraction of sp³-hybridized carbons (Fsp3) is 0.355. The smallest absolute Gasteiger partial charge is 0.416 e. The van der Waals surface area contributed by atoms with Crippen LogP contribution >= 0.6 is 11.8 Å². The second kappa shape index (κ2) is 16.7. The Balaban J connectivity index is 1.56. The van der Waals surface area contributed by atoms with E-state index in [2.05, 4.69) is 5.32 Å². The number of aliphatic carboxylic acids is 1. The highest BCUT2D eigenvalue weighted by Gasteiger charge is 2.30. The average Bonchev–Trinajstić information content (AvgIpc) is 2.97. The van der Waals surface area contributed by atoms with Gasteiger partial charge in [-0.2, -0.15) is 13.2 Å². The van der Waals surface area contributed by atoms with Crippen LogP contribution < -0.4 is 10.1 Å². The monoisotopic (exact) mass is 604 g/mol. The van der Waals surface area contributed by atoms with Gasteiger partial charge in [-0.05, 0) is 73.5 Å². The van der Waals surface area contributed by atoms with E-state index in [1.165, 1.54) is 17.0 Å². The molecule has 7 nitrogen and oxygen atoms in total. The van der Waals surface area contributed by atoms with Gasteiger partial charge in [-0.15, -0.1) is 11.8 Å². The second-order valence-electron chi connectivity index (χ2n) is 9.34. The molecule has 1 atom stereocenters. The number of carbonyl (C=O) groups is 2. The van der Waals surface area contributed by atoms with Crippen molar-refractivity contribution in [1.82, 2.24) is 4.90 Å². The summed E-state index contributed by atoms with van der Waals surface area (Å²) in [6.07, 6.45) is -3.69. The lowest BCUT2D eigenvalue weighted by Crippen LogP contribution is -2.38. The number of rotatable bonds is 16. The number of hydrogen-bond acceptors (Lipinski definition) is 5. The maximum Gasteiger partial charge on any atom is 0.416 e. The van der Waals surface area contributed by atoms with Crippen molar-refractivity contribution in [3.8, 4) is 5.75 Å². The molecule has 0 bridgehead atoms. The van der Waals surface area contributed by atoms with Gasteiger partial charge in [0.25, 0.3) is 0 Å². The van der Waals surface area contributed by atoms with Crippen LogP contribution in [-0.4, -0.2) is 60.2 Å². The molecule has 3 aromatic rings. The summed E-state index contributed by atoms with van der Waals surface area (Å²) < 4.78 is 50.5. The predicted molar refractivity (Wildman–Crippen MR) is 157 cm³/mol. The Morgan fingerprint density at radius 1 is 0.976 bits per heavy atom. The summed E-state index contributed by atoms with van der Waals surface area (Å²) in [5.74, 6) is 0.376. The number of nitrogens with one attached hydrogen (secondary N) is 1. The average molecular weight is 605 g/mol. The molecule has 0 spiro atoms. The lowest BCUT2D eigenvalue weighted by atomic mass is 10.1. The Morgan fingerprint density at radius 2 is 1.71 bits per heavy atom. The molecule has 0 aliphatic rings. The van der Waals surface area contributed by atoms with Crippen LogP contribution in [0.4, 0.5) is 23.7 Å². The molecule has 3 rings (SSSR count). The molecule has 42 heavy (non-hydrogen) atoms. The van der Waals surface area contributed by atoms with Crippen LogP contribution in [0.2, 0.25) is 0 Å². The Hall–Kier alpha value is -3.70. The van der Waals surface area contributed by atoms with Crippen LogP contribution in [-0.2, 0) is 22.1 Å². The highest BCUT2D eigenvalue weighted by atomic mass is 32.2. The number of alkyl halides is 3. The molecule has 0 fully saturated rings. The summed E-state index contributed by atoms with van der Waals surface area (Å²) in [5, 5.41) is 11.9. The third kappa shape index (κ3) is 11.3. The van der Waals surface area contributed by atoms with Crippen LogP contribution in [0.25, 0.3) is 0 Å². The Bertz CT molecular complexity index is 1260. The van der Waals surface area contributed by atoms with Crippen molar-refractivity contribution in [3.63, 3.8) is 0 Å². The molecular formula is C31H35F3N2O5S. The summed E-state index contributed by atoms with van der Waals surface area (Å²) in [6, 6.07) is 20.9. The second-order valence-corrected chi connectivity index (χ2v) is 10.5. The molecule has 0 saturated carbocycles.